The van der Waals surface area contributed by atoms with Crippen LogP contribution in [0, 0.1) is 0 Å². The van der Waals surface area contributed by atoms with Crippen molar-refractivity contribution >= 4 is 16.8 Å². The van der Waals surface area contributed by atoms with E-state index in [9.17, 15) is 4.79 Å². The zero-order valence-corrected chi connectivity index (χ0v) is 15.2. The van der Waals surface area contributed by atoms with Crippen molar-refractivity contribution in [1.82, 2.24) is 14.8 Å². The monoisotopic (exact) mass is 339 g/mol. The molecular formula is C21H29N3O. The molecule has 2 saturated heterocycles. The molecule has 1 atom stereocenters. The molecule has 134 valence electrons. The minimum absolute atomic E-state index is 0.330. The Kier molecular flexibility index (Phi) is 4.80. The van der Waals surface area contributed by atoms with E-state index in [2.05, 4.69) is 52.0 Å². The van der Waals surface area contributed by atoms with Crippen LogP contribution in [-0.2, 0) is 4.79 Å². The number of nitrogens with one attached hydrogen (secondary N) is 1. The lowest BCUT2D eigenvalue weighted by atomic mass is 9.93. The molecule has 0 aliphatic carbocycles. The molecule has 1 unspecified atom stereocenters. The molecule has 4 heteroatoms. The number of aromatic amines is 1. The summed E-state index contributed by atoms with van der Waals surface area (Å²) in [6.07, 6.45) is 5.86. The normalized spacial score (nSPS) is 23.2. The van der Waals surface area contributed by atoms with E-state index in [1.54, 1.807) is 0 Å². The predicted molar refractivity (Wildman–Crippen MR) is 102 cm³/mol. The molecule has 4 nitrogen and oxygen atoms in total. The van der Waals surface area contributed by atoms with Crippen LogP contribution in [0.15, 0.2) is 30.3 Å². The third kappa shape index (κ3) is 3.59. The van der Waals surface area contributed by atoms with Gasteiger partial charge in [-0.2, -0.15) is 0 Å². The van der Waals surface area contributed by atoms with Crippen molar-refractivity contribution in [1.29, 1.82) is 0 Å². The summed E-state index contributed by atoms with van der Waals surface area (Å²) >= 11 is 0. The standard InChI is InChI=1S/C21H29N3O/c1-16-6-4-5-11-24(16)21(25)15-23-12-9-17(10-13-23)20-14-18-7-2-3-8-19(18)22-20/h2-3,7-8,14,16-17,22H,4-6,9-13,15H2,1H3. The number of nitrogens with zero attached hydrogens (tertiary/aromatic N) is 2. The number of rotatable bonds is 3. The molecule has 2 aliphatic rings. The van der Waals surface area contributed by atoms with Crippen molar-refractivity contribution in [2.75, 3.05) is 26.2 Å². The number of fused-ring (bicyclic) bond motifs is 1. The average Bonchev–Trinajstić information content (AvgIpc) is 3.07. The molecule has 1 aromatic carbocycles. The number of piperidine rings is 2. The van der Waals surface area contributed by atoms with Gasteiger partial charge in [0.1, 0.15) is 0 Å². The number of aromatic nitrogens is 1. The molecule has 3 heterocycles. The Balaban J connectivity index is 1.32. The summed E-state index contributed by atoms with van der Waals surface area (Å²) in [5.74, 6) is 0.920. The molecule has 1 N–H and O–H groups in total. The van der Waals surface area contributed by atoms with Gasteiger partial charge in [0.25, 0.3) is 0 Å². The second-order valence-electron chi connectivity index (χ2n) is 7.79. The van der Waals surface area contributed by atoms with Gasteiger partial charge in [0, 0.05) is 29.7 Å². The summed E-state index contributed by atoms with van der Waals surface area (Å²) in [6.45, 7) is 5.79. The van der Waals surface area contributed by atoms with Crippen molar-refractivity contribution in [3.05, 3.63) is 36.0 Å². The Morgan fingerprint density at radius 1 is 1.12 bits per heavy atom. The minimum atomic E-state index is 0.330. The molecule has 2 fully saturated rings. The van der Waals surface area contributed by atoms with E-state index in [4.69, 9.17) is 0 Å². The summed E-state index contributed by atoms with van der Waals surface area (Å²) in [5.41, 5.74) is 2.59. The van der Waals surface area contributed by atoms with Crippen LogP contribution in [-0.4, -0.2) is 52.9 Å². The van der Waals surface area contributed by atoms with Crippen molar-refractivity contribution in [2.24, 2.45) is 0 Å². The van der Waals surface area contributed by atoms with Crippen LogP contribution in [0.1, 0.15) is 50.6 Å². The highest BCUT2D eigenvalue weighted by molar-refractivity contribution is 5.80. The Morgan fingerprint density at radius 2 is 1.92 bits per heavy atom. The molecule has 2 aromatic rings. The Morgan fingerprint density at radius 3 is 2.68 bits per heavy atom. The van der Waals surface area contributed by atoms with Crippen molar-refractivity contribution in [3.63, 3.8) is 0 Å². The number of hydrogen-bond acceptors (Lipinski definition) is 2. The Hall–Kier alpha value is -1.81. The van der Waals surface area contributed by atoms with Crippen molar-refractivity contribution in [3.8, 4) is 0 Å². The third-order valence-electron chi connectivity index (χ3n) is 6.06. The summed E-state index contributed by atoms with van der Waals surface area (Å²) in [7, 11) is 0. The number of H-pyrrole nitrogens is 1. The fourth-order valence-corrected chi connectivity index (χ4v) is 4.47. The lowest BCUT2D eigenvalue weighted by Gasteiger charge is -2.37. The number of carbonyl (C=O) groups is 1. The van der Waals surface area contributed by atoms with Gasteiger partial charge in [-0.05, 0) is 69.6 Å². The zero-order valence-electron chi connectivity index (χ0n) is 15.2. The van der Waals surface area contributed by atoms with Gasteiger partial charge in [-0.15, -0.1) is 0 Å². The molecule has 0 saturated carbocycles. The van der Waals surface area contributed by atoms with E-state index in [0.29, 0.717) is 24.4 Å². The SMILES string of the molecule is CC1CCCCN1C(=O)CN1CCC(c2cc3ccccc3[nH]2)CC1. The Bertz CT molecular complexity index is 697. The van der Waals surface area contributed by atoms with Crippen molar-refractivity contribution < 1.29 is 4.79 Å². The molecular weight excluding hydrogens is 310 g/mol. The van der Waals surface area contributed by atoms with Crippen LogP contribution in [0.25, 0.3) is 10.9 Å². The fourth-order valence-electron chi connectivity index (χ4n) is 4.47. The summed E-state index contributed by atoms with van der Waals surface area (Å²) in [5, 5.41) is 1.30. The predicted octanol–water partition coefficient (Wildman–Crippen LogP) is 3.75. The summed E-state index contributed by atoms with van der Waals surface area (Å²) in [4.78, 5) is 20.7. The van der Waals surface area contributed by atoms with Crippen LogP contribution >= 0.6 is 0 Å². The van der Waals surface area contributed by atoms with E-state index in [-0.39, 0.29) is 0 Å². The van der Waals surface area contributed by atoms with Gasteiger partial charge in [0.05, 0.1) is 6.54 Å². The van der Waals surface area contributed by atoms with Crippen LogP contribution in [0.3, 0.4) is 0 Å². The van der Waals surface area contributed by atoms with Gasteiger partial charge in [-0.3, -0.25) is 9.69 Å². The minimum Gasteiger partial charge on any atom is -0.358 e. The number of amides is 1. The highest BCUT2D eigenvalue weighted by Gasteiger charge is 2.27. The number of para-hydroxylation sites is 1. The lowest BCUT2D eigenvalue weighted by Crippen LogP contribution is -2.48. The first-order valence-corrected chi connectivity index (χ1v) is 9.80. The molecule has 0 bridgehead atoms. The second kappa shape index (κ2) is 7.20. The van der Waals surface area contributed by atoms with E-state index in [1.165, 1.54) is 29.4 Å². The molecule has 0 radical (unpaired) electrons. The molecule has 4 rings (SSSR count). The number of likely N-dealkylation sites (tertiary alicyclic amines) is 2. The quantitative estimate of drug-likeness (QED) is 0.925. The zero-order chi connectivity index (χ0) is 17.2. The highest BCUT2D eigenvalue weighted by atomic mass is 16.2. The Labute approximate surface area is 150 Å². The largest absolute Gasteiger partial charge is 0.358 e. The number of carbonyl (C=O) groups excluding carboxylic acids is 1. The van der Waals surface area contributed by atoms with E-state index < -0.39 is 0 Å². The van der Waals surface area contributed by atoms with Crippen LogP contribution in [0.4, 0.5) is 0 Å². The van der Waals surface area contributed by atoms with Gasteiger partial charge in [0.15, 0.2) is 0 Å². The molecule has 2 aliphatic heterocycles. The smallest absolute Gasteiger partial charge is 0.236 e. The van der Waals surface area contributed by atoms with Gasteiger partial charge in [-0.25, -0.2) is 0 Å². The van der Waals surface area contributed by atoms with E-state index in [1.807, 2.05) is 0 Å². The van der Waals surface area contributed by atoms with Gasteiger partial charge in [-0.1, -0.05) is 18.2 Å². The molecule has 1 amide bonds. The average molecular weight is 339 g/mol. The maximum Gasteiger partial charge on any atom is 0.236 e. The topological polar surface area (TPSA) is 39.3 Å². The molecule has 0 spiro atoms. The van der Waals surface area contributed by atoms with Crippen LogP contribution in [0.5, 0.6) is 0 Å². The summed E-state index contributed by atoms with van der Waals surface area (Å²) < 4.78 is 0. The van der Waals surface area contributed by atoms with E-state index >= 15 is 0 Å². The highest BCUT2D eigenvalue weighted by Crippen LogP contribution is 2.30. The maximum absolute atomic E-state index is 12.6. The summed E-state index contributed by atoms with van der Waals surface area (Å²) in [6, 6.07) is 11.2. The maximum atomic E-state index is 12.6. The lowest BCUT2D eigenvalue weighted by molar-refractivity contribution is -0.135. The first-order chi connectivity index (χ1) is 12.2. The van der Waals surface area contributed by atoms with Gasteiger partial charge >= 0.3 is 0 Å². The first kappa shape index (κ1) is 16.6. The van der Waals surface area contributed by atoms with E-state index in [0.717, 1.165) is 38.9 Å². The first-order valence-electron chi connectivity index (χ1n) is 9.80. The van der Waals surface area contributed by atoms with Gasteiger partial charge < -0.3 is 9.88 Å². The van der Waals surface area contributed by atoms with Crippen molar-refractivity contribution in [2.45, 2.75) is 51.0 Å². The molecule has 1 aromatic heterocycles. The van der Waals surface area contributed by atoms with Gasteiger partial charge in [0.2, 0.25) is 5.91 Å². The van der Waals surface area contributed by atoms with Crippen LogP contribution < -0.4 is 0 Å². The number of hydrogen-bond donors (Lipinski definition) is 1. The molecule has 25 heavy (non-hydrogen) atoms. The fraction of sp³-hybridized carbons (Fsp3) is 0.571. The number of benzene rings is 1. The van der Waals surface area contributed by atoms with Crippen LogP contribution in [0.2, 0.25) is 0 Å². The second-order valence-corrected chi connectivity index (χ2v) is 7.79. The third-order valence-corrected chi connectivity index (χ3v) is 6.06.